The van der Waals surface area contributed by atoms with E-state index in [1.807, 2.05) is 0 Å². The maximum Gasteiger partial charge on any atom is 0.243 e. The lowest BCUT2D eigenvalue weighted by molar-refractivity contribution is 0.456. The molecule has 1 aliphatic rings. The summed E-state index contributed by atoms with van der Waals surface area (Å²) in [5.41, 5.74) is 6.02. The van der Waals surface area contributed by atoms with Crippen LogP contribution in [-0.4, -0.2) is 20.5 Å². The molecule has 2 unspecified atom stereocenters. The number of nitrogens with two attached hydrogens (primary N) is 1. The number of thiophene rings is 1. The van der Waals surface area contributed by atoms with E-state index in [1.165, 1.54) is 6.07 Å². The van der Waals surface area contributed by atoms with Crippen molar-refractivity contribution in [3.63, 3.8) is 0 Å². The quantitative estimate of drug-likeness (QED) is 0.829. The first kappa shape index (κ1) is 15.5. The minimum Gasteiger partial charge on any atom is -0.326 e. The fourth-order valence-electron chi connectivity index (χ4n) is 2.25. The van der Waals surface area contributed by atoms with Crippen LogP contribution in [0.25, 0.3) is 0 Å². The van der Waals surface area contributed by atoms with Gasteiger partial charge < -0.3 is 5.73 Å². The Morgan fingerprint density at radius 3 is 2.58 bits per heavy atom. The van der Waals surface area contributed by atoms with Crippen LogP contribution in [0.4, 0.5) is 0 Å². The molecule has 1 aromatic rings. The predicted octanol–water partition coefficient (Wildman–Crippen LogP) is 2.99. The average Bonchev–Trinajstić information content (AvgIpc) is 2.54. The van der Waals surface area contributed by atoms with Crippen LogP contribution in [0, 0.1) is 0 Å². The molecule has 0 amide bonds. The first-order valence-electron chi connectivity index (χ1n) is 6.13. The zero-order valence-corrected chi connectivity index (χ0v) is 13.4. The Morgan fingerprint density at radius 2 is 1.95 bits per heavy atom. The van der Waals surface area contributed by atoms with Crippen molar-refractivity contribution in [3.8, 4) is 0 Å². The summed E-state index contributed by atoms with van der Waals surface area (Å²) in [4.78, 5) is 0.0422. The van der Waals surface area contributed by atoms with Crippen LogP contribution < -0.4 is 10.5 Å². The van der Waals surface area contributed by atoms with Gasteiger partial charge in [0.05, 0.1) is 4.34 Å². The van der Waals surface area contributed by atoms with Gasteiger partial charge in [0.15, 0.2) is 0 Å². The molecule has 0 bridgehead atoms. The van der Waals surface area contributed by atoms with Gasteiger partial charge >= 0.3 is 0 Å². The Labute approximate surface area is 127 Å². The summed E-state index contributed by atoms with van der Waals surface area (Å²) < 4.78 is 27.8. The molecular formula is C11H16Cl2N2O2S2. The van der Waals surface area contributed by atoms with E-state index in [-0.39, 0.29) is 21.3 Å². The number of halogens is 2. The molecular weight excluding hydrogens is 327 g/mol. The summed E-state index contributed by atoms with van der Waals surface area (Å²) in [6.07, 6.45) is 4.72. The largest absolute Gasteiger partial charge is 0.326 e. The molecule has 2 atom stereocenters. The molecule has 2 rings (SSSR count). The van der Waals surface area contributed by atoms with Gasteiger partial charge in [-0.15, -0.1) is 11.3 Å². The molecule has 1 fully saturated rings. The highest BCUT2D eigenvalue weighted by molar-refractivity contribution is 7.89. The monoisotopic (exact) mass is 342 g/mol. The zero-order chi connectivity index (χ0) is 14.0. The lowest BCUT2D eigenvalue weighted by atomic mass is 10.1. The third kappa shape index (κ3) is 3.83. The SMILES string of the molecule is NC1CCCCCC1NS(=O)(=O)c1cc(Cl)sc1Cl. The summed E-state index contributed by atoms with van der Waals surface area (Å²) in [6.45, 7) is 0. The van der Waals surface area contributed by atoms with Gasteiger partial charge in [0.2, 0.25) is 10.0 Å². The summed E-state index contributed by atoms with van der Waals surface area (Å²) in [6, 6.07) is 0.992. The van der Waals surface area contributed by atoms with Gasteiger partial charge in [-0.3, -0.25) is 0 Å². The van der Waals surface area contributed by atoms with Crippen molar-refractivity contribution in [3.05, 3.63) is 14.7 Å². The average molecular weight is 343 g/mol. The minimum atomic E-state index is -3.65. The van der Waals surface area contributed by atoms with Crippen LogP contribution in [-0.2, 0) is 10.0 Å². The molecule has 108 valence electrons. The van der Waals surface area contributed by atoms with Crippen molar-refractivity contribution in [2.24, 2.45) is 5.73 Å². The van der Waals surface area contributed by atoms with Crippen molar-refractivity contribution in [1.29, 1.82) is 0 Å². The van der Waals surface area contributed by atoms with Crippen molar-refractivity contribution < 1.29 is 8.42 Å². The maximum absolute atomic E-state index is 12.3. The van der Waals surface area contributed by atoms with Crippen molar-refractivity contribution in [2.45, 2.75) is 49.1 Å². The lowest BCUT2D eigenvalue weighted by Gasteiger charge is -2.22. The van der Waals surface area contributed by atoms with Crippen LogP contribution in [0.2, 0.25) is 8.67 Å². The van der Waals surface area contributed by atoms with Gasteiger partial charge in [-0.25, -0.2) is 13.1 Å². The lowest BCUT2D eigenvalue weighted by Crippen LogP contribution is -2.46. The van der Waals surface area contributed by atoms with E-state index in [4.69, 9.17) is 28.9 Å². The highest BCUT2D eigenvalue weighted by Gasteiger charge is 2.28. The normalized spacial score (nSPS) is 25.2. The van der Waals surface area contributed by atoms with Crippen LogP contribution in [0.15, 0.2) is 11.0 Å². The number of sulfonamides is 1. The van der Waals surface area contributed by atoms with E-state index >= 15 is 0 Å². The van der Waals surface area contributed by atoms with E-state index in [2.05, 4.69) is 4.72 Å². The standard InChI is InChI=1S/C11H16Cl2N2O2S2/c12-10-6-9(11(13)18-10)19(16,17)15-8-5-3-1-2-4-7(8)14/h6-8,15H,1-5,14H2. The molecule has 1 aromatic heterocycles. The third-order valence-electron chi connectivity index (χ3n) is 3.29. The van der Waals surface area contributed by atoms with E-state index in [9.17, 15) is 8.42 Å². The van der Waals surface area contributed by atoms with Gasteiger partial charge in [-0.1, -0.05) is 42.5 Å². The first-order valence-corrected chi connectivity index (χ1v) is 9.18. The highest BCUT2D eigenvalue weighted by Crippen LogP contribution is 2.34. The number of hydrogen-bond donors (Lipinski definition) is 2. The first-order chi connectivity index (χ1) is 8.90. The summed E-state index contributed by atoms with van der Waals surface area (Å²) in [7, 11) is -3.65. The minimum absolute atomic E-state index is 0.0422. The topological polar surface area (TPSA) is 72.2 Å². The van der Waals surface area contributed by atoms with Gasteiger partial charge in [-0.05, 0) is 18.9 Å². The van der Waals surface area contributed by atoms with Crippen LogP contribution >= 0.6 is 34.5 Å². The summed E-state index contributed by atoms with van der Waals surface area (Å²) in [5.74, 6) is 0. The molecule has 4 nitrogen and oxygen atoms in total. The summed E-state index contributed by atoms with van der Waals surface area (Å²) in [5, 5.41) is 0. The molecule has 19 heavy (non-hydrogen) atoms. The van der Waals surface area contributed by atoms with Gasteiger partial charge in [0.1, 0.15) is 9.23 Å². The smallest absolute Gasteiger partial charge is 0.243 e. The molecule has 0 aromatic carbocycles. The van der Waals surface area contributed by atoms with Crippen molar-refractivity contribution in [2.75, 3.05) is 0 Å². The number of rotatable bonds is 3. The molecule has 0 radical (unpaired) electrons. The molecule has 0 spiro atoms. The Bertz CT molecular complexity index is 545. The second kappa shape index (κ2) is 6.28. The number of hydrogen-bond acceptors (Lipinski definition) is 4. The Balaban J connectivity index is 2.18. The van der Waals surface area contributed by atoms with Gasteiger partial charge in [0.25, 0.3) is 0 Å². The molecule has 1 saturated carbocycles. The van der Waals surface area contributed by atoms with E-state index in [0.29, 0.717) is 4.34 Å². The third-order valence-corrected chi connectivity index (χ3v) is 6.53. The molecule has 0 saturated heterocycles. The van der Waals surface area contributed by atoms with Crippen molar-refractivity contribution >= 4 is 44.6 Å². The second-order valence-corrected chi connectivity index (χ2v) is 8.69. The van der Waals surface area contributed by atoms with Crippen molar-refractivity contribution in [1.82, 2.24) is 4.72 Å². The van der Waals surface area contributed by atoms with E-state index in [0.717, 1.165) is 43.4 Å². The fraction of sp³-hybridized carbons (Fsp3) is 0.636. The molecule has 3 N–H and O–H groups in total. The molecule has 8 heteroatoms. The van der Waals surface area contributed by atoms with Crippen LogP contribution in [0.5, 0.6) is 0 Å². The molecule has 1 heterocycles. The van der Waals surface area contributed by atoms with Gasteiger partial charge in [0, 0.05) is 12.1 Å². The van der Waals surface area contributed by atoms with E-state index in [1.54, 1.807) is 0 Å². The highest BCUT2D eigenvalue weighted by atomic mass is 35.5. The Hall–Kier alpha value is 0.150. The second-order valence-electron chi connectivity index (χ2n) is 4.72. The van der Waals surface area contributed by atoms with Gasteiger partial charge in [-0.2, -0.15) is 0 Å². The van der Waals surface area contributed by atoms with Crippen LogP contribution in [0.3, 0.4) is 0 Å². The summed E-state index contributed by atoms with van der Waals surface area (Å²) >= 11 is 12.7. The zero-order valence-electron chi connectivity index (χ0n) is 10.2. The molecule has 1 aliphatic carbocycles. The van der Waals surface area contributed by atoms with E-state index < -0.39 is 10.0 Å². The number of nitrogens with one attached hydrogen (secondary N) is 1. The Morgan fingerprint density at radius 1 is 1.26 bits per heavy atom. The Kier molecular flexibility index (Phi) is 5.14. The fourth-order valence-corrected chi connectivity index (χ4v) is 5.72. The van der Waals surface area contributed by atoms with Crippen LogP contribution in [0.1, 0.15) is 32.1 Å². The predicted molar refractivity (Wildman–Crippen MR) is 79.5 cm³/mol. The molecule has 0 aliphatic heterocycles. The maximum atomic E-state index is 12.3.